The van der Waals surface area contributed by atoms with Crippen molar-refractivity contribution in [3.63, 3.8) is 0 Å². The smallest absolute Gasteiger partial charge is 0.134 e. The van der Waals surface area contributed by atoms with Gasteiger partial charge in [0.2, 0.25) is 0 Å². The van der Waals surface area contributed by atoms with Crippen molar-refractivity contribution in [3.05, 3.63) is 125 Å². The van der Waals surface area contributed by atoms with Crippen LogP contribution in [0.25, 0.3) is 0 Å². The fourth-order valence-electron chi connectivity index (χ4n) is 5.72. The Kier molecular flexibility index (Phi) is 6.17. The minimum absolute atomic E-state index is 0.0629. The van der Waals surface area contributed by atoms with Crippen molar-refractivity contribution < 1.29 is 19.0 Å². The SMILES string of the molecule is C[C@]12CC(=O)C[C@@H]1[C@H](c1ccc(OCc3ccccc3)cc1)Oc1ccc(OCc3ccccc3)cc12. The van der Waals surface area contributed by atoms with E-state index in [1.165, 1.54) is 0 Å². The van der Waals surface area contributed by atoms with Crippen molar-refractivity contribution in [1.82, 2.24) is 0 Å². The molecule has 1 saturated carbocycles. The molecule has 0 unspecified atom stereocenters. The van der Waals surface area contributed by atoms with E-state index >= 15 is 0 Å². The van der Waals surface area contributed by atoms with Crippen LogP contribution >= 0.6 is 0 Å². The van der Waals surface area contributed by atoms with Gasteiger partial charge in [0.1, 0.15) is 42.3 Å². The van der Waals surface area contributed by atoms with Crippen LogP contribution in [0, 0.1) is 5.92 Å². The van der Waals surface area contributed by atoms with Gasteiger partial charge < -0.3 is 14.2 Å². The summed E-state index contributed by atoms with van der Waals surface area (Å²) in [6.07, 6.45) is 0.843. The van der Waals surface area contributed by atoms with Crippen molar-refractivity contribution >= 4 is 5.78 Å². The molecule has 4 aromatic carbocycles. The maximum atomic E-state index is 12.8. The number of rotatable bonds is 7. The molecule has 1 fully saturated rings. The van der Waals surface area contributed by atoms with E-state index in [0.717, 1.165) is 39.5 Å². The molecule has 6 rings (SSSR count). The number of carbonyl (C=O) groups is 1. The first kappa shape index (κ1) is 23.4. The van der Waals surface area contributed by atoms with Gasteiger partial charge in [-0.2, -0.15) is 0 Å². The molecule has 0 N–H and O–H groups in total. The molecule has 0 aromatic heterocycles. The number of ether oxygens (including phenoxy) is 3. The van der Waals surface area contributed by atoms with Crippen molar-refractivity contribution in [2.24, 2.45) is 5.92 Å². The standard InChI is InChI=1S/C33H30O4/c1-33-20-26(34)18-30(33)32(25-12-14-27(15-13-25)35-21-23-8-4-2-5-9-23)37-31-17-16-28(19-29(31)33)36-22-24-10-6-3-7-11-24/h2-17,19,30,32H,18,20-22H2,1H3/t30-,32+,33-/m1/s1. The van der Waals surface area contributed by atoms with E-state index in [2.05, 4.69) is 49.4 Å². The quantitative estimate of drug-likeness (QED) is 0.274. The first-order valence-electron chi connectivity index (χ1n) is 12.8. The summed E-state index contributed by atoms with van der Waals surface area (Å²) in [6, 6.07) is 34.4. The monoisotopic (exact) mass is 490 g/mol. The Bertz CT molecular complexity index is 1380. The molecule has 1 heterocycles. The Hall–Kier alpha value is -4.05. The van der Waals surface area contributed by atoms with Gasteiger partial charge in [-0.25, -0.2) is 0 Å². The highest BCUT2D eigenvalue weighted by Gasteiger charge is 2.53. The summed E-state index contributed by atoms with van der Waals surface area (Å²) in [5, 5.41) is 0. The summed E-state index contributed by atoms with van der Waals surface area (Å²) >= 11 is 0. The molecule has 0 radical (unpaired) electrons. The lowest BCUT2D eigenvalue weighted by Crippen LogP contribution is -2.38. The largest absolute Gasteiger partial charge is 0.489 e. The number of hydrogen-bond acceptors (Lipinski definition) is 4. The maximum Gasteiger partial charge on any atom is 0.134 e. The van der Waals surface area contributed by atoms with E-state index in [1.54, 1.807) is 0 Å². The molecule has 0 amide bonds. The molecular formula is C33H30O4. The van der Waals surface area contributed by atoms with Crippen molar-refractivity contribution in [2.75, 3.05) is 0 Å². The van der Waals surface area contributed by atoms with E-state index in [-0.39, 0.29) is 23.2 Å². The van der Waals surface area contributed by atoms with Crippen LogP contribution in [0.4, 0.5) is 0 Å². The van der Waals surface area contributed by atoms with Crippen LogP contribution in [0.5, 0.6) is 17.2 Å². The summed E-state index contributed by atoms with van der Waals surface area (Å²) in [6.45, 7) is 3.23. The predicted octanol–water partition coefficient (Wildman–Crippen LogP) is 7.22. The van der Waals surface area contributed by atoms with Crippen molar-refractivity contribution in [2.45, 2.75) is 44.5 Å². The van der Waals surface area contributed by atoms with E-state index < -0.39 is 0 Å². The summed E-state index contributed by atoms with van der Waals surface area (Å²) in [4.78, 5) is 12.8. The van der Waals surface area contributed by atoms with Crippen LogP contribution in [-0.4, -0.2) is 5.78 Å². The molecule has 186 valence electrons. The average molecular weight is 491 g/mol. The average Bonchev–Trinajstić information content (AvgIpc) is 3.26. The zero-order chi connectivity index (χ0) is 25.2. The number of fused-ring (bicyclic) bond motifs is 3. The van der Waals surface area contributed by atoms with Gasteiger partial charge in [0.05, 0.1) is 0 Å². The normalized spacial score (nSPS) is 22.0. The highest BCUT2D eigenvalue weighted by Crippen LogP contribution is 2.57. The van der Waals surface area contributed by atoms with E-state index in [4.69, 9.17) is 14.2 Å². The molecule has 1 aliphatic carbocycles. The number of Topliss-reactive ketones (excluding diaryl/α,β-unsaturated/α-hetero) is 1. The van der Waals surface area contributed by atoms with Gasteiger partial charge in [0, 0.05) is 29.7 Å². The van der Waals surface area contributed by atoms with Gasteiger partial charge in [-0.15, -0.1) is 0 Å². The second-order valence-corrected chi connectivity index (χ2v) is 10.3. The van der Waals surface area contributed by atoms with Gasteiger partial charge in [-0.1, -0.05) is 79.7 Å². The predicted molar refractivity (Wildman–Crippen MR) is 143 cm³/mol. The Morgan fingerprint density at radius 1 is 0.784 bits per heavy atom. The third-order valence-electron chi connectivity index (χ3n) is 7.72. The molecule has 0 spiro atoms. The molecular weight excluding hydrogens is 460 g/mol. The Labute approximate surface area is 217 Å². The second kappa shape index (κ2) is 9.78. The first-order valence-corrected chi connectivity index (χ1v) is 12.8. The van der Waals surface area contributed by atoms with Gasteiger partial charge in [0.15, 0.2) is 0 Å². The number of benzene rings is 4. The molecule has 4 nitrogen and oxygen atoms in total. The fraction of sp³-hybridized carbons (Fsp3) is 0.242. The number of ketones is 1. The number of carbonyl (C=O) groups excluding carboxylic acids is 1. The minimum atomic E-state index is -0.302. The van der Waals surface area contributed by atoms with Gasteiger partial charge in [-0.05, 0) is 47.0 Å². The summed E-state index contributed by atoms with van der Waals surface area (Å²) in [5.74, 6) is 2.79. The van der Waals surface area contributed by atoms with Gasteiger partial charge in [0.25, 0.3) is 0 Å². The van der Waals surface area contributed by atoms with E-state index in [0.29, 0.717) is 26.1 Å². The Morgan fingerprint density at radius 2 is 1.38 bits per heavy atom. The van der Waals surface area contributed by atoms with Gasteiger partial charge in [-0.3, -0.25) is 4.79 Å². The zero-order valence-corrected chi connectivity index (χ0v) is 20.9. The van der Waals surface area contributed by atoms with Crippen LogP contribution in [0.1, 0.15) is 48.1 Å². The van der Waals surface area contributed by atoms with Crippen LogP contribution in [0.2, 0.25) is 0 Å². The molecule has 4 aromatic rings. The molecule has 0 bridgehead atoms. The molecule has 3 atom stereocenters. The van der Waals surface area contributed by atoms with Crippen LogP contribution in [-0.2, 0) is 23.4 Å². The van der Waals surface area contributed by atoms with Crippen LogP contribution in [0.3, 0.4) is 0 Å². The lowest BCUT2D eigenvalue weighted by Gasteiger charge is -2.43. The molecule has 0 saturated heterocycles. The minimum Gasteiger partial charge on any atom is -0.489 e. The Balaban J connectivity index is 1.23. The zero-order valence-electron chi connectivity index (χ0n) is 20.9. The Morgan fingerprint density at radius 3 is 2.03 bits per heavy atom. The third-order valence-corrected chi connectivity index (χ3v) is 7.72. The second-order valence-electron chi connectivity index (χ2n) is 10.3. The van der Waals surface area contributed by atoms with E-state index in [9.17, 15) is 4.79 Å². The third kappa shape index (κ3) is 4.72. The molecule has 2 aliphatic rings. The topological polar surface area (TPSA) is 44.8 Å². The summed E-state index contributed by atoms with van der Waals surface area (Å²) < 4.78 is 18.7. The van der Waals surface area contributed by atoms with Crippen molar-refractivity contribution in [3.8, 4) is 17.2 Å². The summed E-state index contributed by atoms with van der Waals surface area (Å²) in [7, 11) is 0. The summed E-state index contributed by atoms with van der Waals surface area (Å²) in [5.41, 5.74) is 4.07. The lowest BCUT2D eigenvalue weighted by atomic mass is 9.68. The molecule has 4 heteroatoms. The van der Waals surface area contributed by atoms with Gasteiger partial charge >= 0.3 is 0 Å². The van der Waals surface area contributed by atoms with E-state index in [1.807, 2.05) is 60.7 Å². The number of hydrogen-bond donors (Lipinski definition) is 0. The van der Waals surface area contributed by atoms with Crippen LogP contribution < -0.4 is 14.2 Å². The molecule has 1 aliphatic heterocycles. The van der Waals surface area contributed by atoms with Crippen LogP contribution in [0.15, 0.2) is 103 Å². The molecule has 37 heavy (non-hydrogen) atoms. The first-order chi connectivity index (χ1) is 18.1. The highest BCUT2D eigenvalue weighted by molar-refractivity contribution is 5.84. The maximum absolute atomic E-state index is 12.8. The fourth-order valence-corrected chi connectivity index (χ4v) is 5.72. The van der Waals surface area contributed by atoms with Crippen molar-refractivity contribution in [1.29, 1.82) is 0 Å². The highest BCUT2D eigenvalue weighted by atomic mass is 16.5. The lowest BCUT2D eigenvalue weighted by molar-refractivity contribution is -0.117.